The van der Waals surface area contributed by atoms with E-state index in [1.807, 2.05) is 54.6 Å². The summed E-state index contributed by atoms with van der Waals surface area (Å²) in [5.41, 5.74) is 2.37. The maximum absolute atomic E-state index is 13.6. The van der Waals surface area contributed by atoms with E-state index in [2.05, 4.69) is 10.6 Å². The van der Waals surface area contributed by atoms with Crippen molar-refractivity contribution in [3.8, 4) is 11.5 Å². The zero-order chi connectivity index (χ0) is 36.6. The fourth-order valence-corrected chi connectivity index (χ4v) is 6.91. The summed E-state index contributed by atoms with van der Waals surface area (Å²) >= 11 is 0. The molecule has 2 heterocycles. The SMILES string of the molecule is CC(=O)c1ccc(OCC(=O)OC2(c3ccc(CC(=O)Oc4cccc(C(=O)OC5(c6ccccc6)CCNCC5)c4C)cc3)CCNCC2)cc1. The maximum atomic E-state index is 13.6. The van der Waals surface area contributed by atoms with Crippen LogP contribution in [0.2, 0.25) is 0 Å². The summed E-state index contributed by atoms with van der Waals surface area (Å²) in [5.74, 6) is -0.722. The van der Waals surface area contributed by atoms with Crippen molar-refractivity contribution in [1.29, 1.82) is 0 Å². The first-order valence-corrected chi connectivity index (χ1v) is 17.7. The molecule has 0 spiro atoms. The van der Waals surface area contributed by atoms with Gasteiger partial charge in [-0.2, -0.15) is 0 Å². The van der Waals surface area contributed by atoms with Crippen molar-refractivity contribution < 1.29 is 38.1 Å². The van der Waals surface area contributed by atoms with Gasteiger partial charge in [-0.1, -0.05) is 60.7 Å². The third-order valence-electron chi connectivity index (χ3n) is 9.89. The number of piperidine rings is 2. The number of ether oxygens (including phenoxy) is 4. The molecular formula is C42H44N2O8. The van der Waals surface area contributed by atoms with Crippen LogP contribution < -0.4 is 20.1 Å². The molecule has 270 valence electrons. The van der Waals surface area contributed by atoms with Gasteiger partial charge in [-0.25, -0.2) is 9.59 Å². The van der Waals surface area contributed by atoms with Crippen LogP contribution in [0.25, 0.3) is 0 Å². The number of benzene rings is 4. The Balaban J connectivity index is 1.08. The maximum Gasteiger partial charge on any atom is 0.345 e. The topological polar surface area (TPSA) is 129 Å². The number of esters is 3. The molecule has 0 aliphatic carbocycles. The average molecular weight is 705 g/mol. The molecule has 0 unspecified atom stereocenters. The average Bonchev–Trinajstić information content (AvgIpc) is 3.16. The fraction of sp³-hybridized carbons (Fsp3) is 0.333. The van der Waals surface area contributed by atoms with Gasteiger partial charge in [0.15, 0.2) is 12.4 Å². The van der Waals surface area contributed by atoms with Crippen LogP contribution in [0.15, 0.2) is 97.1 Å². The minimum Gasteiger partial charge on any atom is -0.482 e. The summed E-state index contributed by atoms with van der Waals surface area (Å²) in [7, 11) is 0. The molecule has 6 rings (SSSR count). The Morgan fingerprint density at radius 1 is 0.654 bits per heavy atom. The smallest absolute Gasteiger partial charge is 0.345 e. The molecule has 2 fully saturated rings. The largest absolute Gasteiger partial charge is 0.482 e. The summed E-state index contributed by atoms with van der Waals surface area (Å²) in [5, 5.41) is 6.66. The standard InChI is InChI=1S/C42H44N2O8/c1-29-36(40(48)52-42(21-25-44-26-22-42)33-7-4-3-5-8-33)9-6-10-37(29)50-38(46)27-31-11-15-34(16-12-31)41(19-23-43-24-20-41)51-39(47)28-49-35-17-13-32(14-18-35)30(2)45/h3-18,43-44H,19-28H2,1-2H3. The zero-order valence-electron chi connectivity index (χ0n) is 29.6. The van der Waals surface area contributed by atoms with Crippen molar-refractivity contribution in [2.24, 2.45) is 0 Å². The predicted octanol–water partition coefficient (Wildman–Crippen LogP) is 5.98. The lowest BCUT2D eigenvalue weighted by Gasteiger charge is -2.37. The van der Waals surface area contributed by atoms with Gasteiger partial charge in [-0.05, 0) is 93.1 Å². The molecule has 2 N–H and O–H groups in total. The summed E-state index contributed by atoms with van der Waals surface area (Å²) in [4.78, 5) is 51.3. The Bertz CT molecular complexity index is 1880. The summed E-state index contributed by atoms with van der Waals surface area (Å²) in [6.07, 6.45) is 2.47. The van der Waals surface area contributed by atoms with Crippen LogP contribution in [0.4, 0.5) is 0 Å². The molecule has 10 nitrogen and oxygen atoms in total. The van der Waals surface area contributed by atoms with E-state index < -0.39 is 29.1 Å². The van der Waals surface area contributed by atoms with E-state index in [9.17, 15) is 19.2 Å². The van der Waals surface area contributed by atoms with Crippen LogP contribution in [-0.2, 0) is 36.7 Å². The second kappa shape index (κ2) is 16.4. The van der Waals surface area contributed by atoms with Gasteiger partial charge in [-0.15, -0.1) is 0 Å². The van der Waals surface area contributed by atoms with Crippen LogP contribution >= 0.6 is 0 Å². The van der Waals surface area contributed by atoms with Crippen LogP contribution in [-0.4, -0.2) is 56.5 Å². The van der Waals surface area contributed by atoms with E-state index in [1.54, 1.807) is 49.4 Å². The fourth-order valence-electron chi connectivity index (χ4n) is 6.91. The van der Waals surface area contributed by atoms with Crippen molar-refractivity contribution in [3.05, 3.63) is 130 Å². The zero-order valence-corrected chi connectivity index (χ0v) is 29.6. The van der Waals surface area contributed by atoms with E-state index in [0.29, 0.717) is 67.0 Å². The summed E-state index contributed by atoms with van der Waals surface area (Å²) in [6, 6.07) is 28.9. The van der Waals surface area contributed by atoms with Gasteiger partial charge in [0.25, 0.3) is 0 Å². The predicted molar refractivity (Wildman–Crippen MR) is 194 cm³/mol. The molecule has 10 heteroatoms. The summed E-state index contributed by atoms with van der Waals surface area (Å²) in [6.45, 7) is 5.78. The molecule has 0 radical (unpaired) electrons. The van der Waals surface area contributed by atoms with Gasteiger partial charge in [-0.3, -0.25) is 9.59 Å². The molecule has 2 saturated heterocycles. The number of carbonyl (C=O) groups excluding carboxylic acids is 4. The van der Waals surface area contributed by atoms with Gasteiger partial charge < -0.3 is 29.6 Å². The lowest BCUT2D eigenvalue weighted by molar-refractivity contribution is -0.166. The highest BCUT2D eigenvalue weighted by atomic mass is 16.6. The van der Waals surface area contributed by atoms with Gasteiger partial charge in [0.1, 0.15) is 22.7 Å². The van der Waals surface area contributed by atoms with E-state index >= 15 is 0 Å². The van der Waals surface area contributed by atoms with E-state index in [4.69, 9.17) is 18.9 Å². The van der Waals surface area contributed by atoms with E-state index in [-0.39, 0.29) is 18.8 Å². The molecule has 0 atom stereocenters. The Labute approximate surface area is 303 Å². The van der Waals surface area contributed by atoms with Gasteiger partial charge in [0, 0.05) is 36.8 Å². The quantitative estimate of drug-likeness (QED) is 0.103. The first kappa shape index (κ1) is 36.5. The first-order chi connectivity index (χ1) is 25.2. The van der Waals surface area contributed by atoms with Gasteiger partial charge in [0.05, 0.1) is 12.0 Å². The van der Waals surface area contributed by atoms with E-state index in [0.717, 1.165) is 29.8 Å². The number of nitrogens with one attached hydrogen (secondary N) is 2. The number of Topliss-reactive ketones (excluding diaryl/α,β-unsaturated/α-hetero) is 1. The Hall–Kier alpha value is -5.32. The van der Waals surface area contributed by atoms with Crippen LogP contribution in [0.1, 0.15) is 75.6 Å². The minimum absolute atomic E-state index is 0.00309. The summed E-state index contributed by atoms with van der Waals surface area (Å²) < 4.78 is 23.8. The molecule has 4 aromatic rings. The first-order valence-electron chi connectivity index (χ1n) is 17.7. The van der Waals surface area contributed by atoms with Crippen molar-refractivity contribution in [1.82, 2.24) is 10.6 Å². The highest BCUT2D eigenvalue weighted by molar-refractivity contribution is 5.94. The molecule has 4 aromatic carbocycles. The van der Waals surface area contributed by atoms with Crippen molar-refractivity contribution in [3.63, 3.8) is 0 Å². The van der Waals surface area contributed by atoms with E-state index in [1.165, 1.54) is 6.92 Å². The second-order valence-corrected chi connectivity index (χ2v) is 13.4. The minimum atomic E-state index is -0.845. The Morgan fingerprint density at radius 3 is 1.87 bits per heavy atom. The number of ketones is 1. The van der Waals surface area contributed by atoms with Crippen molar-refractivity contribution >= 4 is 23.7 Å². The number of hydrogen-bond donors (Lipinski definition) is 2. The number of rotatable bonds is 12. The molecule has 0 aromatic heterocycles. The van der Waals surface area contributed by atoms with Crippen LogP contribution in [0, 0.1) is 6.92 Å². The highest BCUT2D eigenvalue weighted by Crippen LogP contribution is 2.37. The molecule has 0 bridgehead atoms. The monoisotopic (exact) mass is 704 g/mol. The normalized spacial score (nSPS) is 16.3. The van der Waals surface area contributed by atoms with Crippen LogP contribution in [0.5, 0.6) is 11.5 Å². The number of carbonyl (C=O) groups is 4. The molecule has 2 aliphatic rings. The highest BCUT2D eigenvalue weighted by Gasteiger charge is 2.39. The molecular weight excluding hydrogens is 660 g/mol. The van der Waals surface area contributed by atoms with Crippen LogP contribution in [0.3, 0.4) is 0 Å². The van der Waals surface area contributed by atoms with Crippen molar-refractivity contribution in [2.75, 3.05) is 32.8 Å². The second-order valence-electron chi connectivity index (χ2n) is 13.4. The lowest BCUT2D eigenvalue weighted by Crippen LogP contribution is -2.43. The number of hydrogen-bond acceptors (Lipinski definition) is 10. The molecule has 0 saturated carbocycles. The Kier molecular flexibility index (Phi) is 11.5. The third kappa shape index (κ3) is 8.58. The lowest BCUT2D eigenvalue weighted by atomic mass is 9.84. The Morgan fingerprint density at radius 2 is 1.25 bits per heavy atom. The van der Waals surface area contributed by atoms with Crippen molar-refractivity contribution in [2.45, 2.75) is 57.2 Å². The van der Waals surface area contributed by atoms with Gasteiger partial charge >= 0.3 is 17.9 Å². The molecule has 52 heavy (non-hydrogen) atoms. The molecule has 2 aliphatic heterocycles. The molecule has 0 amide bonds. The van der Waals surface area contributed by atoms with Gasteiger partial charge in [0.2, 0.25) is 0 Å². The third-order valence-corrected chi connectivity index (χ3v) is 9.89.